The molecule has 200 valence electrons. The number of carbonyl (C=O) groups is 2. The van der Waals surface area contributed by atoms with E-state index in [0.29, 0.717) is 37.7 Å². The summed E-state index contributed by atoms with van der Waals surface area (Å²) >= 11 is 1.40. The third kappa shape index (κ3) is 6.31. The van der Waals surface area contributed by atoms with Crippen molar-refractivity contribution in [2.45, 2.75) is 25.4 Å². The molecule has 0 saturated carbocycles. The van der Waals surface area contributed by atoms with Crippen molar-refractivity contribution in [2.24, 2.45) is 0 Å². The minimum absolute atomic E-state index is 0.00852. The zero-order chi connectivity index (χ0) is 26.3. The van der Waals surface area contributed by atoms with Crippen molar-refractivity contribution >= 4 is 29.0 Å². The number of ether oxygens (including phenoxy) is 2. The topological polar surface area (TPSA) is 88.1 Å². The molecule has 9 nitrogen and oxygen atoms in total. The average molecular weight is 536 g/mol. The van der Waals surface area contributed by atoms with Gasteiger partial charge in [-0.3, -0.25) is 9.59 Å². The Morgan fingerprint density at radius 3 is 2.61 bits per heavy atom. The van der Waals surface area contributed by atoms with Crippen LogP contribution in [-0.4, -0.2) is 90.9 Å². The Morgan fingerprint density at radius 2 is 1.92 bits per heavy atom. The summed E-state index contributed by atoms with van der Waals surface area (Å²) in [5, 5.41) is 10.8. The van der Waals surface area contributed by atoms with Crippen LogP contribution >= 0.6 is 11.3 Å². The van der Waals surface area contributed by atoms with Gasteiger partial charge in [-0.2, -0.15) is 0 Å². The molecular weight excluding hydrogens is 502 g/mol. The smallest absolute Gasteiger partial charge is 0.264 e. The van der Waals surface area contributed by atoms with Crippen LogP contribution in [0.3, 0.4) is 0 Å². The summed E-state index contributed by atoms with van der Waals surface area (Å²) in [4.78, 5) is 32.8. The predicted molar refractivity (Wildman–Crippen MR) is 147 cm³/mol. The Balaban J connectivity index is 1.20. The third-order valence-corrected chi connectivity index (χ3v) is 7.86. The highest BCUT2D eigenvalue weighted by atomic mass is 32.1. The Bertz CT molecular complexity index is 1200. The van der Waals surface area contributed by atoms with Crippen molar-refractivity contribution in [3.63, 3.8) is 0 Å². The lowest BCUT2D eigenvalue weighted by atomic mass is 10.1. The molecular formula is C28H33N5O4S. The van der Waals surface area contributed by atoms with Gasteiger partial charge in [0.05, 0.1) is 23.8 Å². The second kappa shape index (κ2) is 12.4. The highest BCUT2D eigenvalue weighted by molar-refractivity contribution is 7.12. The molecule has 0 spiro atoms. The van der Waals surface area contributed by atoms with Crippen molar-refractivity contribution in [1.82, 2.24) is 20.0 Å². The van der Waals surface area contributed by atoms with E-state index in [0.717, 1.165) is 48.6 Å². The summed E-state index contributed by atoms with van der Waals surface area (Å²) < 4.78 is 11.0. The van der Waals surface area contributed by atoms with E-state index in [9.17, 15) is 9.59 Å². The fourth-order valence-electron chi connectivity index (χ4n) is 4.88. The van der Waals surface area contributed by atoms with Crippen molar-refractivity contribution < 1.29 is 19.1 Å². The molecule has 3 aromatic rings. The van der Waals surface area contributed by atoms with Crippen molar-refractivity contribution in [3.8, 4) is 17.0 Å². The summed E-state index contributed by atoms with van der Waals surface area (Å²) in [5.74, 6) is 1.46. The predicted octanol–water partition coefficient (Wildman–Crippen LogP) is 3.57. The maximum atomic E-state index is 13.3. The number of benzene rings is 1. The maximum Gasteiger partial charge on any atom is 0.264 e. The number of carbonyl (C=O) groups excluding carboxylic acids is 2. The minimum atomic E-state index is -0.104. The summed E-state index contributed by atoms with van der Waals surface area (Å²) in [7, 11) is 1.64. The average Bonchev–Trinajstić information content (AvgIpc) is 3.63. The van der Waals surface area contributed by atoms with Crippen LogP contribution in [0.1, 0.15) is 28.9 Å². The van der Waals surface area contributed by atoms with E-state index < -0.39 is 0 Å². The Hall–Kier alpha value is -3.50. The van der Waals surface area contributed by atoms with Gasteiger partial charge in [-0.05, 0) is 67.1 Å². The largest absolute Gasteiger partial charge is 0.497 e. The molecule has 0 bridgehead atoms. The van der Waals surface area contributed by atoms with Gasteiger partial charge in [0.2, 0.25) is 5.91 Å². The number of amides is 2. The monoisotopic (exact) mass is 535 g/mol. The molecule has 0 aliphatic carbocycles. The van der Waals surface area contributed by atoms with E-state index in [2.05, 4.69) is 15.1 Å². The molecule has 2 aromatic heterocycles. The second-order valence-electron chi connectivity index (χ2n) is 9.52. The molecule has 38 heavy (non-hydrogen) atoms. The lowest BCUT2D eigenvalue weighted by Crippen LogP contribution is -2.46. The summed E-state index contributed by atoms with van der Waals surface area (Å²) in [5.41, 5.74) is 1.77. The van der Waals surface area contributed by atoms with E-state index in [-0.39, 0.29) is 24.5 Å². The highest BCUT2D eigenvalue weighted by Crippen LogP contribution is 2.22. The van der Waals surface area contributed by atoms with Gasteiger partial charge in [0, 0.05) is 44.9 Å². The molecule has 5 rings (SSSR count). The quantitative estimate of drug-likeness (QED) is 0.436. The number of rotatable bonds is 8. The number of hydrogen-bond acceptors (Lipinski definition) is 8. The maximum absolute atomic E-state index is 13.3. The van der Waals surface area contributed by atoms with Crippen LogP contribution in [0.4, 0.5) is 5.82 Å². The van der Waals surface area contributed by atoms with Gasteiger partial charge >= 0.3 is 0 Å². The molecule has 0 N–H and O–H groups in total. The number of thiophene rings is 1. The lowest BCUT2D eigenvalue weighted by molar-refractivity contribution is -0.132. The number of methoxy groups -OCH3 is 1. The van der Waals surface area contributed by atoms with Crippen LogP contribution in [0.25, 0.3) is 11.3 Å². The SMILES string of the molecule is COc1ccc(-c2ccc(N3CCCN(C(=O)CN(CC4CCCO4)C(=O)c4cccs4)CC3)nn2)cc1. The minimum Gasteiger partial charge on any atom is -0.497 e. The zero-order valence-corrected chi connectivity index (χ0v) is 22.4. The van der Waals surface area contributed by atoms with Crippen molar-refractivity contribution in [3.05, 3.63) is 58.8 Å². The van der Waals surface area contributed by atoms with Gasteiger partial charge < -0.3 is 24.2 Å². The summed E-state index contributed by atoms with van der Waals surface area (Å²) in [6, 6.07) is 15.4. The first kappa shape index (κ1) is 26.1. The zero-order valence-electron chi connectivity index (χ0n) is 21.6. The van der Waals surface area contributed by atoms with Gasteiger partial charge in [0.15, 0.2) is 5.82 Å². The van der Waals surface area contributed by atoms with Crippen LogP contribution in [0.5, 0.6) is 5.75 Å². The van der Waals surface area contributed by atoms with Gasteiger partial charge in [-0.15, -0.1) is 21.5 Å². The Morgan fingerprint density at radius 1 is 1.05 bits per heavy atom. The van der Waals surface area contributed by atoms with Crippen LogP contribution in [0.15, 0.2) is 53.9 Å². The molecule has 4 heterocycles. The van der Waals surface area contributed by atoms with Gasteiger partial charge in [0.25, 0.3) is 5.91 Å². The fraction of sp³-hybridized carbons (Fsp3) is 0.429. The molecule has 2 fully saturated rings. The van der Waals surface area contributed by atoms with Gasteiger partial charge in [-0.25, -0.2) is 0 Å². The second-order valence-corrected chi connectivity index (χ2v) is 10.5. The van der Waals surface area contributed by atoms with Crippen LogP contribution in [0.2, 0.25) is 0 Å². The molecule has 0 radical (unpaired) electrons. The molecule has 10 heteroatoms. The number of nitrogens with zero attached hydrogens (tertiary/aromatic N) is 5. The Kier molecular flexibility index (Phi) is 8.50. The summed E-state index contributed by atoms with van der Waals surface area (Å²) in [6.07, 6.45) is 2.72. The van der Waals surface area contributed by atoms with Gasteiger partial charge in [0.1, 0.15) is 12.3 Å². The molecule has 2 aliphatic rings. The fourth-order valence-corrected chi connectivity index (χ4v) is 5.57. The molecule has 1 aromatic carbocycles. The van der Waals surface area contributed by atoms with E-state index in [1.165, 1.54) is 11.3 Å². The van der Waals surface area contributed by atoms with E-state index in [4.69, 9.17) is 9.47 Å². The molecule has 2 saturated heterocycles. The van der Waals surface area contributed by atoms with Crippen molar-refractivity contribution in [1.29, 1.82) is 0 Å². The van der Waals surface area contributed by atoms with Gasteiger partial charge in [-0.1, -0.05) is 6.07 Å². The van der Waals surface area contributed by atoms with E-state index >= 15 is 0 Å². The number of anilines is 1. The Labute approximate surface area is 227 Å². The lowest BCUT2D eigenvalue weighted by Gasteiger charge is -2.28. The molecule has 1 atom stereocenters. The number of hydrogen-bond donors (Lipinski definition) is 0. The van der Waals surface area contributed by atoms with Crippen LogP contribution in [0, 0.1) is 0 Å². The van der Waals surface area contributed by atoms with Crippen LogP contribution in [-0.2, 0) is 9.53 Å². The normalized spacial score (nSPS) is 17.8. The molecule has 2 aliphatic heterocycles. The third-order valence-electron chi connectivity index (χ3n) is 7.00. The van der Waals surface area contributed by atoms with E-state index in [1.807, 2.05) is 58.8 Å². The highest BCUT2D eigenvalue weighted by Gasteiger charge is 2.28. The van der Waals surface area contributed by atoms with E-state index in [1.54, 1.807) is 12.0 Å². The first-order chi connectivity index (χ1) is 18.6. The summed E-state index contributed by atoms with van der Waals surface area (Å²) in [6.45, 7) is 3.88. The molecule has 1 unspecified atom stereocenters. The van der Waals surface area contributed by atoms with Crippen LogP contribution < -0.4 is 9.64 Å². The first-order valence-corrected chi connectivity index (χ1v) is 13.9. The first-order valence-electron chi connectivity index (χ1n) is 13.1. The molecule has 2 amide bonds. The van der Waals surface area contributed by atoms with Crippen molar-refractivity contribution in [2.75, 3.05) is 57.9 Å². The number of aromatic nitrogens is 2. The standard InChI is InChI=1S/C28H33N5O4S/c1-36-22-9-7-21(8-10-22)24-11-12-26(30-29-24)31-13-4-14-32(16-15-31)27(34)20-33(19-23-5-2-17-37-23)28(35)25-6-3-18-38-25/h3,6-12,18,23H,2,4-5,13-17,19-20H2,1H3.